The molecule has 0 amide bonds. The Balaban J connectivity index is 1.55. The molecular weight excluding hydrogens is 432 g/mol. The van der Waals surface area contributed by atoms with Crippen LogP contribution in [0.4, 0.5) is 5.69 Å². The van der Waals surface area contributed by atoms with Gasteiger partial charge in [-0.2, -0.15) is 5.10 Å². The molecule has 174 valence electrons. The van der Waals surface area contributed by atoms with E-state index in [0.717, 1.165) is 58.5 Å². The summed E-state index contributed by atoms with van der Waals surface area (Å²) in [6, 6.07) is 14.6. The molecule has 0 bridgehead atoms. The molecule has 1 N–H and O–H groups in total. The topological polar surface area (TPSA) is 52.0 Å². The third-order valence-corrected chi connectivity index (χ3v) is 7.37. The molecule has 0 atom stereocenters. The van der Waals surface area contributed by atoms with Crippen molar-refractivity contribution in [2.45, 2.75) is 26.3 Å². The average molecular weight is 461 g/mol. The predicted molar refractivity (Wildman–Crippen MR) is 141 cm³/mol. The first-order chi connectivity index (χ1) is 17.1. The first-order valence-electron chi connectivity index (χ1n) is 12.2. The van der Waals surface area contributed by atoms with Crippen LogP contribution in [0.15, 0.2) is 61.1 Å². The monoisotopic (exact) mass is 460 g/mol. The highest BCUT2D eigenvalue weighted by molar-refractivity contribution is 6.03. The summed E-state index contributed by atoms with van der Waals surface area (Å²) in [7, 11) is 1.96. The Hall–Kier alpha value is -3.95. The van der Waals surface area contributed by atoms with Crippen LogP contribution >= 0.6 is 0 Å². The standard InChI is InChI=1S/C29H28N6/c1-19-14-23(30-2)5-6-24(19)28-25-10-13-35(18-20-8-11-31-12-9-20)27(25)17-32-29(28)21-4-7-26-22(15-21)16-33-34(26)3/h4-7,10,13-17,20,31H,8-9,11-12,18H2,1,3H3. The van der Waals surface area contributed by atoms with Crippen molar-refractivity contribution >= 4 is 27.5 Å². The fourth-order valence-corrected chi connectivity index (χ4v) is 5.46. The zero-order chi connectivity index (χ0) is 23.9. The smallest absolute Gasteiger partial charge is 0.187 e. The van der Waals surface area contributed by atoms with Crippen molar-refractivity contribution in [2.24, 2.45) is 13.0 Å². The summed E-state index contributed by atoms with van der Waals surface area (Å²) in [5.74, 6) is 0.683. The van der Waals surface area contributed by atoms with Gasteiger partial charge in [0.15, 0.2) is 5.69 Å². The lowest BCUT2D eigenvalue weighted by Gasteiger charge is -2.23. The van der Waals surface area contributed by atoms with E-state index < -0.39 is 0 Å². The van der Waals surface area contributed by atoms with Crippen LogP contribution in [0.5, 0.6) is 0 Å². The minimum Gasteiger partial charge on any atom is -0.346 e. The van der Waals surface area contributed by atoms with E-state index in [4.69, 9.17) is 11.6 Å². The van der Waals surface area contributed by atoms with Gasteiger partial charge in [-0.05, 0) is 62.5 Å². The van der Waals surface area contributed by atoms with Gasteiger partial charge in [-0.1, -0.05) is 29.8 Å². The minimum absolute atomic E-state index is 0.660. The Morgan fingerprint density at radius 3 is 2.71 bits per heavy atom. The van der Waals surface area contributed by atoms with Crippen molar-refractivity contribution in [2.75, 3.05) is 13.1 Å². The molecule has 6 nitrogen and oxygen atoms in total. The van der Waals surface area contributed by atoms with Gasteiger partial charge in [0.1, 0.15) is 0 Å². The van der Waals surface area contributed by atoms with Gasteiger partial charge in [-0.25, -0.2) is 4.85 Å². The first-order valence-corrected chi connectivity index (χ1v) is 12.2. The molecule has 6 heteroatoms. The predicted octanol–water partition coefficient (Wildman–Crippen LogP) is 6.12. The van der Waals surface area contributed by atoms with Gasteiger partial charge in [-0.15, -0.1) is 0 Å². The van der Waals surface area contributed by atoms with Gasteiger partial charge < -0.3 is 9.88 Å². The van der Waals surface area contributed by atoms with E-state index in [1.54, 1.807) is 0 Å². The lowest BCUT2D eigenvalue weighted by molar-refractivity contribution is 0.337. The number of hydrogen-bond donors (Lipinski definition) is 1. The van der Waals surface area contributed by atoms with Crippen LogP contribution in [0, 0.1) is 19.4 Å². The summed E-state index contributed by atoms with van der Waals surface area (Å²) in [6.07, 6.45) is 8.57. The molecule has 0 spiro atoms. The minimum atomic E-state index is 0.660. The summed E-state index contributed by atoms with van der Waals surface area (Å²) in [6.45, 7) is 12.7. The van der Waals surface area contributed by atoms with Gasteiger partial charge in [0.25, 0.3) is 0 Å². The van der Waals surface area contributed by atoms with Crippen molar-refractivity contribution in [3.05, 3.63) is 78.0 Å². The maximum absolute atomic E-state index is 7.42. The molecule has 1 saturated heterocycles. The van der Waals surface area contributed by atoms with E-state index in [9.17, 15) is 0 Å². The largest absolute Gasteiger partial charge is 0.346 e. The van der Waals surface area contributed by atoms with E-state index in [1.807, 2.05) is 36.3 Å². The first kappa shape index (κ1) is 21.6. The van der Waals surface area contributed by atoms with Crippen LogP contribution in [-0.4, -0.2) is 32.4 Å². The molecule has 6 rings (SSSR count). The summed E-state index contributed by atoms with van der Waals surface area (Å²) in [5, 5.41) is 10.2. The Morgan fingerprint density at radius 2 is 1.91 bits per heavy atom. The third kappa shape index (κ3) is 3.78. The Kier molecular flexibility index (Phi) is 5.35. The third-order valence-electron chi connectivity index (χ3n) is 7.37. The summed E-state index contributed by atoms with van der Waals surface area (Å²) < 4.78 is 4.27. The molecule has 0 aliphatic carbocycles. The van der Waals surface area contributed by atoms with Crippen molar-refractivity contribution < 1.29 is 0 Å². The highest BCUT2D eigenvalue weighted by atomic mass is 15.2. The van der Waals surface area contributed by atoms with Crippen molar-refractivity contribution in [1.82, 2.24) is 24.6 Å². The number of aromatic nitrogens is 4. The van der Waals surface area contributed by atoms with Crippen LogP contribution in [0.1, 0.15) is 18.4 Å². The SMILES string of the molecule is [C-]#[N+]c1ccc(-c2c(-c3ccc4c(cnn4C)c3)ncc3c2ccn3CC2CCNCC2)c(C)c1. The van der Waals surface area contributed by atoms with Crippen LogP contribution in [0.2, 0.25) is 0 Å². The molecule has 5 aromatic rings. The van der Waals surface area contributed by atoms with E-state index in [-0.39, 0.29) is 0 Å². The summed E-state index contributed by atoms with van der Waals surface area (Å²) >= 11 is 0. The van der Waals surface area contributed by atoms with Crippen molar-refractivity contribution in [3.63, 3.8) is 0 Å². The molecule has 3 aromatic heterocycles. The number of aryl methyl sites for hydroxylation is 2. The fraction of sp³-hybridized carbons (Fsp3) is 0.276. The van der Waals surface area contributed by atoms with Gasteiger partial charge in [0.2, 0.25) is 0 Å². The van der Waals surface area contributed by atoms with E-state index in [0.29, 0.717) is 11.6 Å². The maximum Gasteiger partial charge on any atom is 0.187 e. The molecule has 1 aliphatic rings. The molecule has 4 heterocycles. The molecule has 2 aromatic carbocycles. The van der Waals surface area contributed by atoms with Crippen molar-refractivity contribution in [1.29, 1.82) is 0 Å². The molecule has 0 radical (unpaired) electrons. The second-order valence-corrected chi connectivity index (χ2v) is 9.59. The van der Waals surface area contributed by atoms with Crippen LogP contribution in [-0.2, 0) is 13.6 Å². The number of pyridine rings is 1. The summed E-state index contributed by atoms with van der Waals surface area (Å²) in [4.78, 5) is 8.69. The lowest BCUT2D eigenvalue weighted by atomic mass is 9.92. The molecule has 1 fully saturated rings. The van der Waals surface area contributed by atoms with Gasteiger partial charge in [0, 0.05) is 41.7 Å². The van der Waals surface area contributed by atoms with Gasteiger partial charge in [-0.3, -0.25) is 9.67 Å². The lowest BCUT2D eigenvalue weighted by Crippen LogP contribution is -2.29. The van der Waals surface area contributed by atoms with Crippen molar-refractivity contribution in [3.8, 4) is 22.4 Å². The zero-order valence-electron chi connectivity index (χ0n) is 20.1. The number of piperidine rings is 1. The Morgan fingerprint density at radius 1 is 1.06 bits per heavy atom. The summed E-state index contributed by atoms with van der Waals surface area (Å²) in [5.41, 5.74) is 8.29. The molecule has 0 unspecified atom stereocenters. The number of nitrogens with one attached hydrogen (secondary N) is 1. The maximum atomic E-state index is 7.42. The molecular formula is C29H28N6. The highest BCUT2D eigenvalue weighted by Gasteiger charge is 2.20. The fourth-order valence-electron chi connectivity index (χ4n) is 5.46. The number of benzene rings is 2. The van der Waals surface area contributed by atoms with Crippen LogP contribution in [0.3, 0.4) is 0 Å². The Bertz CT molecular complexity index is 1590. The molecule has 0 saturated carbocycles. The Labute approximate surface area is 205 Å². The highest BCUT2D eigenvalue weighted by Crippen LogP contribution is 2.40. The number of nitrogens with zero attached hydrogens (tertiary/aromatic N) is 5. The van der Waals surface area contributed by atoms with E-state index in [1.165, 1.54) is 23.7 Å². The van der Waals surface area contributed by atoms with Crippen LogP contribution in [0.25, 0.3) is 49.0 Å². The quantitative estimate of drug-likeness (QED) is 0.329. The van der Waals surface area contributed by atoms with Gasteiger partial charge >= 0.3 is 0 Å². The second-order valence-electron chi connectivity index (χ2n) is 9.59. The van der Waals surface area contributed by atoms with Gasteiger partial charge in [0.05, 0.1) is 35.7 Å². The van der Waals surface area contributed by atoms with E-state index >= 15 is 0 Å². The molecule has 1 aliphatic heterocycles. The van der Waals surface area contributed by atoms with Crippen LogP contribution < -0.4 is 5.32 Å². The normalized spacial score (nSPS) is 14.5. The zero-order valence-corrected chi connectivity index (χ0v) is 20.1. The van der Waals surface area contributed by atoms with E-state index in [2.05, 4.69) is 63.3 Å². The second kappa shape index (κ2) is 8.68. The molecule has 35 heavy (non-hydrogen) atoms. The number of rotatable bonds is 4. The number of fused-ring (bicyclic) bond motifs is 2. The average Bonchev–Trinajstić information content (AvgIpc) is 3.47. The number of hydrogen-bond acceptors (Lipinski definition) is 3.